The number of carbonyl (C=O) groups is 2. The lowest BCUT2D eigenvalue weighted by atomic mass is 9.97. The highest BCUT2D eigenvalue weighted by atomic mass is 79.9. The first-order chi connectivity index (χ1) is 13.1. The fraction of sp³-hybridized carbons (Fsp3) is 0.389. The number of nitrogens with zero attached hydrogens (tertiary/aromatic N) is 1. The van der Waals surface area contributed by atoms with Gasteiger partial charge in [0.15, 0.2) is 0 Å². The zero-order valence-corrected chi connectivity index (χ0v) is 16.7. The molecule has 0 spiro atoms. The van der Waals surface area contributed by atoms with E-state index in [9.17, 15) is 22.8 Å². The van der Waals surface area contributed by atoms with Gasteiger partial charge in [-0.15, -0.1) is 0 Å². The minimum Gasteiger partial charge on any atom is -0.399 e. The molecule has 2 aromatic rings. The van der Waals surface area contributed by atoms with Crippen LogP contribution in [0.4, 0.5) is 23.7 Å². The van der Waals surface area contributed by atoms with E-state index in [1.165, 1.54) is 25.1 Å². The third-order valence-electron chi connectivity index (χ3n) is 4.13. The first-order valence-corrected chi connectivity index (χ1v) is 9.35. The van der Waals surface area contributed by atoms with Gasteiger partial charge in [-0.05, 0) is 37.5 Å². The molecule has 2 rings (SSSR count). The molecule has 0 bridgehead atoms. The molecule has 1 heterocycles. The molecule has 0 aliphatic rings. The summed E-state index contributed by atoms with van der Waals surface area (Å²) < 4.78 is 41.2. The third kappa shape index (κ3) is 5.82. The Bertz CT molecular complexity index is 887. The molecule has 1 aromatic heterocycles. The fourth-order valence-electron chi connectivity index (χ4n) is 2.87. The number of rotatable bonds is 7. The number of amides is 2. The monoisotopic (exact) mass is 460 g/mol. The van der Waals surface area contributed by atoms with Gasteiger partial charge >= 0.3 is 6.18 Å². The highest BCUT2D eigenvalue weighted by Gasteiger charge is 2.37. The zero-order chi connectivity index (χ0) is 20.9. The average Bonchev–Trinajstić information content (AvgIpc) is 2.57. The number of alkyl halides is 3. The number of hydrogen-bond acceptors (Lipinski definition) is 4. The minimum atomic E-state index is -4.63. The Morgan fingerprint density at radius 1 is 1.18 bits per heavy atom. The van der Waals surface area contributed by atoms with E-state index in [-0.39, 0.29) is 27.0 Å². The van der Waals surface area contributed by atoms with Crippen molar-refractivity contribution >= 4 is 43.2 Å². The maximum Gasteiger partial charge on any atom is 0.417 e. The van der Waals surface area contributed by atoms with Gasteiger partial charge in [0.2, 0.25) is 5.91 Å². The molecule has 152 valence electrons. The first kappa shape index (κ1) is 21.9. The number of anilines is 1. The number of nitrogen functional groups attached to an aromatic ring is 1. The molecule has 10 heteroatoms. The third-order valence-corrected chi connectivity index (χ3v) is 4.41. The summed E-state index contributed by atoms with van der Waals surface area (Å²) in [6, 6.07) is 4.04. The number of carbonyl (C=O) groups excluding carboxylic acids is 2. The molecule has 0 atom stereocenters. The summed E-state index contributed by atoms with van der Waals surface area (Å²) in [6.45, 7) is 2.19. The molecule has 0 aliphatic heterocycles. The number of unbranched alkanes of at least 4 members (excludes halogenated alkanes) is 1. The average molecular weight is 461 g/mol. The van der Waals surface area contributed by atoms with E-state index in [4.69, 9.17) is 5.73 Å². The van der Waals surface area contributed by atoms with Crippen molar-refractivity contribution in [3.63, 3.8) is 0 Å². The summed E-state index contributed by atoms with van der Waals surface area (Å²) in [6.07, 6.45) is -3.85. The van der Waals surface area contributed by atoms with E-state index in [0.717, 1.165) is 0 Å². The number of halogens is 4. The summed E-state index contributed by atoms with van der Waals surface area (Å²) in [4.78, 5) is 26.7. The van der Waals surface area contributed by atoms with Gasteiger partial charge in [-0.1, -0.05) is 6.07 Å². The molecular weight excluding hydrogens is 441 g/mol. The predicted molar refractivity (Wildman–Crippen MR) is 104 cm³/mol. The molecule has 6 nitrogen and oxygen atoms in total. The normalized spacial score (nSPS) is 11.5. The van der Waals surface area contributed by atoms with Gasteiger partial charge < -0.3 is 16.4 Å². The van der Waals surface area contributed by atoms with Crippen LogP contribution in [0.1, 0.15) is 29.7 Å². The van der Waals surface area contributed by atoms with E-state index in [2.05, 4.69) is 31.5 Å². The van der Waals surface area contributed by atoms with Crippen molar-refractivity contribution in [2.24, 2.45) is 0 Å². The van der Waals surface area contributed by atoms with Gasteiger partial charge in [0.25, 0.3) is 4.82 Å². The van der Waals surface area contributed by atoms with Gasteiger partial charge in [0.1, 0.15) is 0 Å². The fourth-order valence-corrected chi connectivity index (χ4v) is 3.07. The largest absolute Gasteiger partial charge is 0.417 e. The van der Waals surface area contributed by atoms with Crippen LogP contribution in [0.25, 0.3) is 10.9 Å². The van der Waals surface area contributed by atoms with E-state index in [1.54, 1.807) is 0 Å². The van der Waals surface area contributed by atoms with Gasteiger partial charge in [0.05, 0.1) is 17.5 Å². The lowest BCUT2D eigenvalue weighted by Crippen LogP contribution is -2.28. The van der Waals surface area contributed by atoms with E-state index in [0.29, 0.717) is 31.6 Å². The molecule has 0 fully saturated rings. The maximum absolute atomic E-state index is 13.7. The molecule has 0 radical (unpaired) electrons. The maximum atomic E-state index is 13.7. The second kappa shape index (κ2) is 9.22. The van der Waals surface area contributed by atoms with Crippen LogP contribution in [0, 0.1) is 6.92 Å². The molecule has 2 amide bonds. The summed E-state index contributed by atoms with van der Waals surface area (Å²) in [5.41, 5.74) is 5.24. The number of aromatic nitrogens is 1. The van der Waals surface area contributed by atoms with E-state index in [1.807, 2.05) is 0 Å². The van der Waals surface area contributed by atoms with Crippen LogP contribution in [-0.4, -0.2) is 28.8 Å². The Morgan fingerprint density at radius 2 is 1.82 bits per heavy atom. The molecule has 28 heavy (non-hydrogen) atoms. The van der Waals surface area contributed by atoms with Crippen LogP contribution in [0.5, 0.6) is 0 Å². The predicted octanol–water partition coefficient (Wildman–Crippen LogP) is 3.69. The molecule has 0 saturated heterocycles. The first-order valence-electron chi connectivity index (χ1n) is 8.55. The van der Waals surface area contributed by atoms with Gasteiger partial charge in [-0.25, -0.2) is 0 Å². The number of pyridine rings is 1. The van der Waals surface area contributed by atoms with Crippen LogP contribution in [0.15, 0.2) is 18.2 Å². The number of aryl methyl sites for hydroxylation is 1. The molecule has 1 aromatic carbocycles. The van der Waals surface area contributed by atoms with Crippen molar-refractivity contribution in [2.45, 2.75) is 32.4 Å². The topological polar surface area (TPSA) is 97.1 Å². The molecule has 4 N–H and O–H groups in total. The summed E-state index contributed by atoms with van der Waals surface area (Å²) in [5.74, 6) is -0.519. The number of nitrogens with one attached hydrogen (secondary N) is 2. The minimum absolute atomic E-state index is 0.0828. The van der Waals surface area contributed by atoms with E-state index < -0.39 is 24.1 Å². The Balaban J connectivity index is 2.15. The number of nitrogens with two attached hydrogens (primary N) is 1. The Kier molecular flexibility index (Phi) is 7.22. The van der Waals surface area contributed by atoms with Crippen LogP contribution in [0.2, 0.25) is 0 Å². The van der Waals surface area contributed by atoms with Crippen molar-refractivity contribution in [3.8, 4) is 0 Å². The van der Waals surface area contributed by atoms with Crippen LogP contribution in [-0.2, 0) is 17.4 Å². The second-order valence-corrected chi connectivity index (χ2v) is 6.98. The summed E-state index contributed by atoms with van der Waals surface area (Å²) >= 11 is 2.73. The van der Waals surface area contributed by atoms with Gasteiger partial charge in [-0.2, -0.15) is 13.2 Å². The Morgan fingerprint density at radius 3 is 2.43 bits per heavy atom. The summed E-state index contributed by atoms with van der Waals surface area (Å²) in [5, 5.41) is 5.07. The van der Waals surface area contributed by atoms with Crippen molar-refractivity contribution in [1.82, 2.24) is 15.6 Å². The second-order valence-electron chi connectivity index (χ2n) is 6.26. The number of benzene rings is 1. The SMILES string of the molecule is Cc1nc2cc(N)ccc2c(C(F)(F)F)c1CC(=O)NCCCCNC(=O)Br. The van der Waals surface area contributed by atoms with Crippen molar-refractivity contribution < 1.29 is 22.8 Å². The lowest BCUT2D eigenvalue weighted by molar-refractivity contribution is -0.137. The summed E-state index contributed by atoms with van der Waals surface area (Å²) in [7, 11) is 0. The Hall–Kier alpha value is -2.36. The van der Waals surface area contributed by atoms with Crippen LogP contribution >= 0.6 is 15.9 Å². The highest BCUT2D eigenvalue weighted by molar-refractivity contribution is 9.18. The molecule has 0 aliphatic carbocycles. The highest BCUT2D eigenvalue weighted by Crippen LogP contribution is 2.38. The van der Waals surface area contributed by atoms with Crippen molar-refractivity contribution in [2.75, 3.05) is 18.8 Å². The number of hydrogen-bond donors (Lipinski definition) is 3. The molecule has 0 saturated carbocycles. The molecular formula is C18H20BrF3N4O2. The van der Waals surface area contributed by atoms with E-state index >= 15 is 0 Å². The van der Waals surface area contributed by atoms with Crippen LogP contribution < -0.4 is 16.4 Å². The quantitative estimate of drug-likeness (QED) is 0.254. The number of fused-ring (bicyclic) bond motifs is 1. The van der Waals surface area contributed by atoms with Gasteiger partial charge in [-0.3, -0.25) is 14.6 Å². The van der Waals surface area contributed by atoms with Gasteiger partial charge in [0, 0.05) is 45.8 Å². The van der Waals surface area contributed by atoms with Crippen molar-refractivity contribution in [1.29, 1.82) is 0 Å². The zero-order valence-electron chi connectivity index (χ0n) is 15.1. The molecule has 0 unspecified atom stereocenters. The lowest BCUT2D eigenvalue weighted by Gasteiger charge is -2.18. The Labute approximate surface area is 168 Å². The smallest absolute Gasteiger partial charge is 0.399 e. The van der Waals surface area contributed by atoms with Crippen LogP contribution in [0.3, 0.4) is 0 Å². The van der Waals surface area contributed by atoms with Crippen molar-refractivity contribution in [3.05, 3.63) is 35.0 Å². The standard InChI is InChI=1S/C18H20BrF3N4O2/c1-10-13(9-15(27)24-6-2-3-7-25-17(19)28)16(18(20,21)22)12-5-4-11(23)8-14(12)26-10/h4-5,8H,2-3,6-7,9,23H2,1H3,(H,24,27)(H,25,28).